The van der Waals surface area contributed by atoms with Gasteiger partial charge in [0.05, 0.1) is 0 Å². The maximum absolute atomic E-state index is 14.1. The van der Waals surface area contributed by atoms with Crippen LogP contribution in [0.4, 0.5) is 4.39 Å². The predicted molar refractivity (Wildman–Crippen MR) is 71.3 cm³/mol. The lowest BCUT2D eigenvalue weighted by Crippen LogP contribution is -2.10. The van der Waals surface area contributed by atoms with E-state index in [4.69, 9.17) is 0 Å². The first-order chi connectivity index (χ1) is 8.19. The van der Waals surface area contributed by atoms with Crippen LogP contribution in [0.15, 0.2) is 58.5 Å². The Labute approximate surface area is 103 Å². The minimum atomic E-state index is -0.0542. The van der Waals surface area contributed by atoms with E-state index in [0.29, 0.717) is 0 Å². The first kappa shape index (κ1) is 12.1. The highest BCUT2D eigenvalue weighted by atomic mass is 19.1. The monoisotopic (exact) mass is 230 g/mol. The van der Waals surface area contributed by atoms with Crippen LogP contribution < -0.4 is 0 Å². The zero-order valence-corrected chi connectivity index (χ0v) is 10.8. The Hall–Kier alpha value is -1.37. The molecule has 1 unspecified atom stereocenters. The van der Waals surface area contributed by atoms with Gasteiger partial charge in [-0.15, -0.1) is 0 Å². The second kappa shape index (κ2) is 4.87. The smallest absolute Gasteiger partial charge is 0.123 e. The summed E-state index contributed by atoms with van der Waals surface area (Å²) in [5.74, 6) is 0.103. The molecule has 17 heavy (non-hydrogen) atoms. The molecule has 0 spiro atoms. The lowest BCUT2D eigenvalue weighted by molar-refractivity contribution is 0.617. The van der Waals surface area contributed by atoms with E-state index in [1.165, 1.54) is 11.1 Å². The fraction of sp³-hybridized carbons (Fsp3) is 0.375. The quantitative estimate of drug-likeness (QED) is 0.624. The molecule has 90 valence electrons. The molecule has 2 aliphatic carbocycles. The zero-order valence-electron chi connectivity index (χ0n) is 10.8. The number of allylic oxidation sites excluding steroid dienone is 10. The number of hydrogen-bond donors (Lipinski definition) is 0. The van der Waals surface area contributed by atoms with E-state index in [9.17, 15) is 4.39 Å². The second-order valence-electron chi connectivity index (χ2n) is 4.59. The Kier molecular flexibility index (Phi) is 3.46. The van der Waals surface area contributed by atoms with Crippen molar-refractivity contribution in [1.29, 1.82) is 0 Å². The van der Waals surface area contributed by atoms with Crippen LogP contribution >= 0.6 is 0 Å². The normalized spacial score (nSPS) is 23.8. The summed E-state index contributed by atoms with van der Waals surface area (Å²) in [5, 5.41) is 0. The zero-order chi connectivity index (χ0) is 12.4. The van der Waals surface area contributed by atoms with Gasteiger partial charge < -0.3 is 0 Å². The van der Waals surface area contributed by atoms with Gasteiger partial charge >= 0.3 is 0 Å². The van der Waals surface area contributed by atoms with Gasteiger partial charge in [0.2, 0.25) is 0 Å². The topological polar surface area (TPSA) is 0 Å². The molecule has 2 aliphatic rings. The average Bonchev–Trinajstić information content (AvgIpc) is 2.55. The maximum Gasteiger partial charge on any atom is 0.123 e. The van der Waals surface area contributed by atoms with Crippen molar-refractivity contribution in [2.24, 2.45) is 5.92 Å². The molecule has 0 amide bonds. The highest BCUT2D eigenvalue weighted by Gasteiger charge is 2.25. The van der Waals surface area contributed by atoms with E-state index in [1.54, 1.807) is 6.08 Å². The standard InChI is InChI=1S/C16H19F/c1-4-12-7-6-8-13-9-10-15(17)14(5-2)16(12)11(13)3/h6-10,16H,4-5H2,1-3H3. The molecule has 2 rings (SSSR count). The molecule has 0 saturated heterocycles. The van der Waals surface area contributed by atoms with Crippen molar-refractivity contribution in [3.8, 4) is 0 Å². The van der Waals surface area contributed by atoms with Crippen LogP contribution in [0.5, 0.6) is 0 Å². The Bertz CT molecular complexity index is 470. The van der Waals surface area contributed by atoms with E-state index < -0.39 is 0 Å². The van der Waals surface area contributed by atoms with Crippen LogP contribution in [0.1, 0.15) is 33.6 Å². The van der Waals surface area contributed by atoms with Crippen molar-refractivity contribution in [2.45, 2.75) is 33.6 Å². The third-order valence-corrected chi connectivity index (χ3v) is 3.70. The van der Waals surface area contributed by atoms with Gasteiger partial charge in [0, 0.05) is 5.92 Å². The largest absolute Gasteiger partial charge is 0.207 e. The van der Waals surface area contributed by atoms with Gasteiger partial charge in [-0.1, -0.05) is 49.3 Å². The fourth-order valence-corrected chi connectivity index (χ4v) is 2.72. The van der Waals surface area contributed by atoms with E-state index >= 15 is 0 Å². The molecule has 0 saturated carbocycles. The van der Waals surface area contributed by atoms with E-state index in [1.807, 2.05) is 13.0 Å². The molecule has 0 N–H and O–H groups in total. The summed E-state index contributed by atoms with van der Waals surface area (Å²) in [6.45, 7) is 6.30. The van der Waals surface area contributed by atoms with Crippen molar-refractivity contribution in [3.05, 3.63) is 58.5 Å². The molecule has 0 aromatic rings. The molecule has 1 atom stereocenters. The molecule has 0 fully saturated rings. The van der Waals surface area contributed by atoms with Crippen molar-refractivity contribution in [1.82, 2.24) is 0 Å². The van der Waals surface area contributed by atoms with Crippen LogP contribution in [0, 0.1) is 5.92 Å². The molecule has 0 nitrogen and oxygen atoms in total. The Morgan fingerprint density at radius 3 is 2.53 bits per heavy atom. The Morgan fingerprint density at radius 1 is 1.12 bits per heavy atom. The summed E-state index contributed by atoms with van der Waals surface area (Å²) in [5.41, 5.74) is 4.65. The molecule has 0 aromatic carbocycles. The van der Waals surface area contributed by atoms with Crippen molar-refractivity contribution in [2.75, 3.05) is 0 Å². The van der Waals surface area contributed by atoms with Gasteiger partial charge in [0.15, 0.2) is 0 Å². The molecular formula is C16H19F. The fourth-order valence-electron chi connectivity index (χ4n) is 2.72. The number of hydrogen-bond acceptors (Lipinski definition) is 0. The van der Waals surface area contributed by atoms with Crippen LogP contribution in [-0.4, -0.2) is 0 Å². The maximum atomic E-state index is 14.1. The van der Waals surface area contributed by atoms with E-state index in [2.05, 4.69) is 32.1 Å². The third kappa shape index (κ3) is 2.06. The van der Waals surface area contributed by atoms with E-state index in [0.717, 1.165) is 24.0 Å². The van der Waals surface area contributed by atoms with Crippen LogP contribution in [0.3, 0.4) is 0 Å². The summed E-state index contributed by atoms with van der Waals surface area (Å²) in [6.07, 6.45) is 11.5. The van der Waals surface area contributed by atoms with Crippen molar-refractivity contribution >= 4 is 0 Å². The van der Waals surface area contributed by atoms with Crippen molar-refractivity contribution < 1.29 is 4.39 Å². The lowest BCUT2D eigenvalue weighted by atomic mass is 9.82. The van der Waals surface area contributed by atoms with Crippen LogP contribution in [0.2, 0.25) is 0 Å². The molecular weight excluding hydrogens is 211 g/mol. The number of rotatable bonds is 2. The predicted octanol–water partition coefficient (Wildman–Crippen LogP) is 5.03. The number of fused-ring (bicyclic) bond motifs is 1. The second-order valence-corrected chi connectivity index (χ2v) is 4.59. The SMILES string of the molecule is CCC1=CC=CC2=C(C)C1C(CC)=C(F)C=C2. The average molecular weight is 230 g/mol. The van der Waals surface area contributed by atoms with Gasteiger partial charge in [-0.25, -0.2) is 4.39 Å². The van der Waals surface area contributed by atoms with Gasteiger partial charge in [-0.3, -0.25) is 0 Å². The number of halogens is 1. The molecule has 2 bridgehead atoms. The lowest BCUT2D eigenvalue weighted by Gasteiger charge is -2.23. The minimum Gasteiger partial charge on any atom is -0.207 e. The molecule has 0 aliphatic heterocycles. The Morgan fingerprint density at radius 2 is 1.88 bits per heavy atom. The molecule has 0 heterocycles. The van der Waals surface area contributed by atoms with Gasteiger partial charge in [0.1, 0.15) is 5.83 Å². The highest BCUT2D eigenvalue weighted by Crippen LogP contribution is 2.39. The van der Waals surface area contributed by atoms with Crippen molar-refractivity contribution in [3.63, 3.8) is 0 Å². The molecule has 1 heteroatoms. The first-order valence-electron chi connectivity index (χ1n) is 6.33. The summed E-state index contributed by atoms with van der Waals surface area (Å²) in [4.78, 5) is 0. The van der Waals surface area contributed by atoms with Crippen LogP contribution in [-0.2, 0) is 0 Å². The first-order valence-corrected chi connectivity index (χ1v) is 6.33. The molecule has 0 radical (unpaired) electrons. The van der Waals surface area contributed by atoms with E-state index in [-0.39, 0.29) is 11.7 Å². The Balaban J connectivity index is 2.62. The van der Waals surface area contributed by atoms with Gasteiger partial charge in [-0.2, -0.15) is 0 Å². The summed E-state index contributed by atoms with van der Waals surface area (Å²) in [6, 6.07) is 0. The van der Waals surface area contributed by atoms with Gasteiger partial charge in [0.25, 0.3) is 0 Å². The summed E-state index contributed by atoms with van der Waals surface area (Å²) >= 11 is 0. The van der Waals surface area contributed by atoms with Crippen LogP contribution in [0.25, 0.3) is 0 Å². The molecule has 0 aromatic heterocycles. The highest BCUT2D eigenvalue weighted by molar-refractivity contribution is 5.51. The minimum absolute atomic E-state index is 0.0542. The summed E-state index contributed by atoms with van der Waals surface area (Å²) in [7, 11) is 0. The third-order valence-electron chi connectivity index (χ3n) is 3.70. The summed E-state index contributed by atoms with van der Waals surface area (Å²) < 4.78 is 14.1. The van der Waals surface area contributed by atoms with Gasteiger partial charge in [-0.05, 0) is 37.0 Å².